The molecule has 4 rings (SSSR count). The summed E-state index contributed by atoms with van der Waals surface area (Å²) in [6, 6.07) is 10.2. The minimum Gasteiger partial charge on any atom is -0.316 e. The molecule has 7 nitrogen and oxygen atoms in total. The number of hydrogen-bond acceptors (Lipinski definition) is 4. The van der Waals surface area contributed by atoms with Crippen molar-refractivity contribution < 1.29 is 8.42 Å². The number of nitrogens with zero attached hydrogens (tertiary/aromatic N) is 1. The second-order valence-corrected chi connectivity index (χ2v) is 8.34. The van der Waals surface area contributed by atoms with Crippen LogP contribution in [0.3, 0.4) is 0 Å². The van der Waals surface area contributed by atoms with Crippen LogP contribution in [-0.4, -0.2) is 24.4 Å². The second-order valence-electron chi connectivity index (χ2n) is 6.55. The fraction of sp³-hybridized carbons (Fsp3) is 0.222. The van der Waals surface area contributed by atoms with E-state index in [2.05, 4.69) is 9.97 Å². The highest BCUT2D eigenvalue weighted by Gasteiger charge is 2.36. The van der Waals surface area contributed by atoms with Crippen LogP contribution in [0.25, 0.3) is 11.0 Å². The van der Waals surface area contributed by atoms with E-state index in [4.69, 9.17) is 0 Å². The Kier molecular flexibility index (Phi) is 3.55. The molecule has 0 bridgehead atoms. The summed E-state index contributed by atoms with van der Waals surface area (Å²) in [5.74, 6) is 0. The molecule has 0 aliphatic carbocycles. The average molecular weight is 371 g/mol. The molecule has 134 valence electrons. The summed E-state index contributed by atoms with van der Waals surface area (Å²) in [7, 11) is -3.83. The van der Waals surface area contributed by atoms with Crippen molar-refractivity contribution in [2.45, 2.75) is 31.2 Å². The van der Waals surface area contributed by atoms with Gasteiger partial charge in [-0.25, -0.2) is 8.42 Å². The van der Waals surface area contributed by atoms with Crippen molar-refractivity contribution in [1.29, 1.82) is 0 Å². The van der Waals surface area contributed by atoms with Crippen LogP contribution in [-0.2, 0) is 16.4 Å². The third kappa shape index (κ3) is 2.37. The molecule has 1 aliphatic heterocycles. The largest absolute Gasteiger partial charge is 0.316 e. The fourth-order valence-corrected chi connectivity index (χ4v) is 5.47. The third-order valence-corrected chi connectivity index (χ3v) is 6.77. The van der Waals surface area contributed by atoms with Crippen LogP contribution < -0.4 is 15.4 Å². The lowest BCUT2D eigenvalue weighted by molar-refractivity contribution is 0.583. The summed E-state index contributed by atoms with van der Waals surface area (Å²) >= 11 is 0. The molecule has 2 N–H and O–H groups in total. The summed E-state index contributed by atoms with van der Waals surface area (Å²) in [6.07, 6.45) is 0.645. The number of sulfonamides is 1. The van der Waals surface area contributed by atoms with Crippen molar-refractivity contribution in [3.05, 3.63) is 68.2 Å². The number of aromatic nitrogens is 2. The van der Waals surface area contributed by atoms with Crippen LogP contribution in [0.5, 0.6) is 0 Å². The van der Waals surface area contributed by atoms with Crippen molar-refractivity contribution in [2.75, 3.05) is 4.31 Å². The van der Waals surface area contributed by atoms with Gasteiger partial charge in [0.25, 0.3) is 10.0 Å². The normalized spacial score (nSPS) is 16.8. The number of nitrogens with one attached hydrogen (secondary N) is 2. The molecule has 3 aromatic rings. The zero-order valence-corrected chi connectivity index (χ0v) is 15.1. The Balaban J connectivity index is 1.94. The number of aryl methyl sites for hydroxylation is 1. The fourth-order valence-electron chi connectivity index (χ4n) is 3.54. The monoisotopic (exact) mass is 371 g/mol. The van der Waals surface area contributed by atoms with E-state index < -0.39 is 21.1 Å². The molecule has 2 aromatic carbocycles. The smallest absolute Gasteiger partial charge is 0.314 e. The molecule has 2 heterocycles. The van der Waals surface area contributed by atoms with Gasteiger partial charge in [-0.2, -0.15) is 0 Å². The summed E-state index contributed by atoms with van der Waals surface area (Å²) in [5.41, 5.74) is 1.24. The SMILES string of the molecule is Cc1cc2[nH]c(=O)c(=O)[nH]c2cc1S(=O)(=O)N1c2ccccc2CC1C. The maximum Gasteiger partial charge on any atom is 0.314 e. The molecule has 1 aliphatic rings. The number of hydrogen-bond donors (Lipinski definition) is 2. The Hall–Kier alpha value is -2.87. The van der Waals surface area contributed by atoms with Gasteiger partial charge >= 0.3 is 11.1 Å². The molecule has 1 aromatic heterocycles. The van der Waals surface area contributed by atoms with E-state index in [0.29, 0.717) is 23.2 Å². The molecule has 0 fully saturated rings. The van der Waals surface area contributed by atoms with Crippen molar-refractivity contribution in [3.63, 3.8) is 0 Å². The van der Waals surface area contributed by atoms with E-state index in [1.807, 2.05) is 25.1 Å². The zero-order chi connectivity index (χ0) is 18.6. The van der Waals surface area contributed by atoms with Crippen LogP contribution in [0, 0.1) is 6.92 Å². The Morgan fingerprint density at radius 2 is 1.65 bits per heavy atom. The predicted molar refractivity (Wildman–Crippen MR) is 99.2 cm³/mol. The summed E-state index contributed by atoms with van der Waals surface area (Å²) < 4.78 is 28.2. The Morgan fingerprint density at radius 3 is 2.35 bits per heavy atom. The van der Waals surface area contributed by atoms with Gasteiger partial charge in [0.1, 0.15) is 0 Å². The third-order valence-electron chi connectivity index (χ3n) is 4.70. The lowest BCUT2D eigenvalue weighted by Gasteiger charge is -2.25. The Labute approximate surface area is 149 Å². The quantitative estimate of drug-likeness (QED) is 0.669. The number of rotatable bonds is 2. The highest BCUT2D eigenvalue weighted by molar-refractivity contribution is 7.93. The van der Waals surface area contributed by atoms with Crippen LogP contribution >= 0.6 is 0 Å². The maximum absolute atomic E-state index is 13.4. The number of fused-ring (bicyclic) bond motifs is 2. The number of anilines is 1. The molecule has 0 saturated carbocycles. The first-order valence-electron chi connectivity index (χ1n) is 8.18. The minimum absolute atomic E-state index is 0.108. The van der Waals surface area contributed by atoms with E-state index in [1.165, 1.54) is 10.4 Å². The van der Waals surface area contributed by atoms with Gasteiger partial charge in [-0.05, 0) is 49.6 Å². The van der Waals surface area contributed by atoms with Gasteiger partial charge in [0, 0.05) is 6.04 Å². The molecular weight excluding hydrogens is 354 g/mol. The van der Waals surface area contributed by atoms with Gasteiger partial charge < -0.3 is 9.97 Å². The molecule has 0 radical (unpaired) electrons. The van der Waals surface area contributed by atoms with Gasteiger partial charge in [0.15, 0.2) is 0 Å². The lowest BCUT2D eigenvalue weighted by atomic mass is 10.1. The van der Waals surface area contributed by atoms with Crippen LogP contribution in [0.1, 0.15) is 18.1 Å². The van der Waals surface area contributed by atoms with Gasteiger partial charge in [-0.15, -0.1) is 0 Å². The van der Waals surface area contributed by atoms with Crippen molar-refractivity contribution in [3.8, 4) is 0 Å². The molecular formula is C18H17N3O4S. The highest BCUT2D eigenvalue weighted by Crippen LogP contribution is 2.37. The minimum atomic E-state index is -3.83. The predicted octanol–water partition coefficient (Wildman–Crippen LogP) is 1.66. The first-order chi connectivity index (χ1) is 12.3. The van der Waals surface area contributed by atoms with E-state index in [9.17, 15) is 18.0 Å². The average Bonchev–Trinajstić information content (AvgIpc) is 2.92. The Bertz CT molecular complexity index is 1260. The molecule has 1 unspecified atom stereocenters. The number of H-pyrrole nitrogens is 2. The molecule has 8 heteroatoms. The van der Waals surface area contributed by atoms with Crippen molar-refractivity contribution in [2.24, 2.45) is 0 Å². The first kappa shape index (κ1) is 16.6. The topological polar surface area (TPSA) is 103 Å². The zero-order valence-electron chi connectivity index (χ0n) is 14.2. The maximum atomic E-state index is 13.4. The van der Waals surface area contributed by atoms with E-state index in [-0.39, 0.29) is 16.5 Å². The first-order valence-corrected chi connectivity index (χ1v) is 9.62. The van der Waals surface area contributed by atoms with E-state index >= 15 is 0 Å². The van der Waals surface area contributed by atoms with E-state index in [0.717, 1.165) is 5.56 Å². The van der Waals surface area contributed by atoms with Crippen LogP contribution in [0.15, 0.2) is 50.9 Å². The molecule has 0 spiro atoms. The van der Waals surface area contributed by atoms with Gasteiger partial charge in [0.05, 0.1) is 21.6 Å². The summed E-state index contributed by atoms with van der Waals surface area (Å²) in [5, 5.41) is 0. The second kappa shape index (κ2) is 5.57. The lowest BCUT2D eigenvalue weighted by Crippen LogP contribution is -2.36. The number of para-hydroxylation sites is 1. The van der Waals surface area contributed by atoms with Crippen molar-refractivity contribution in [1.82, 2.24) is 9.97 Å². The van der Waals surface area contributed by atoms with E-state index in [1.54, 1.807) is 19.1 Å². The van der Waals surface area contributed by atoms with Gasteiger partial charge in [0.2, 0.25) is 0 Å². The Morgan fingerprint density at radius 1 is 1.04 bits per heavy atom. The van der Waals surface area contributed by atoms with Crippen LogP contribution in [0.2, 0.25) is 0 Å². The highest BCUT2D eigenvalue weighted by atomic mass is 32.2. The van der Waals surface area contributed by atoms with Crippen molar-refractivity contribution >= 4 is 26.7 Å². The standard InChI is InChI=1S/C18H17N3O4S/c1-10-7-13-14(20-18(23)17(22)19-13)9-16(10)26(24,25)21-11(2)8-12-5-3-4-6-15(12)21/h3-7,9,11H,8H2,1-2H3,(H,19,22)(H,20,23). The summed E-state index contributed by atoms with van der Waals surface area (Å²) in [4.78, 5) is 28.1. The number of aromatic amines is 2. The van der Waals surface area contributed by atoms with Gasteiger partial charge in [-0.3, -0.25) is 13.9 Å². The number of benzene rings is 2. The summed E-state index contributed by atoms with van der Waals surface area (Å²) in [6.45, 7) is 3.54. The molecule has 0 saturated heterocycles. The molecule has 1 atom stereocenters. The molecule has 0 amide bonds. The van der Waals surface area contributed by atoms with Gasteiger partial charge in [-0.1, -0.05) is 18.2 Å². The van der Waals surface area contributed by atoms with Crippen LogP contribution in [0.4, 0.5) is 5.69 Å². The molecule has 26 heavy (non-hydrogen) atoms.